The standard InChI is InChI=1S/C18H28N2S2/c1-14-11-15(2)13-16(12-14)20-18(21)19-9-6-10-22-17-7-4-3-5-8-17/h11-13,17H,3-10H2,1-2H3,(H2,19,20,21). The third-order valence-corrected chi connectivity index (χ3v) is 5.71. The molecule has 1 aliphatic carbocycles. The number of thioether (sulfide) groups is 1. The van der Waals surface area contributed by atoms with Crippen molar-refractivity contribution >= 4 is 34.8 Å². The van der Waals surface area contributed by atoms with Crippen molar-refractivity contribution in [1.82, 2.24) is 5.32 Å². The summed E-state index contributed by atoms with van der Waals surface area (Å²) in [4.78, 5) is 0. The van der Waals surface area contributed by atoms with Gasteiger partial charge in [-0.1, -0.05) is 25.3 Å². The van der Waals surface area contributed by atoms with Gasteiger partial charge in [-0.3, -0.25) is 0 Å². The van der Waals surface area contributed by atoms with Gasteiger partial charge < -0.3 is 10.6 Å². The quantitative estimate of drug-likeness (QED) is 0.561. The van der Waals surface area contributed by atoms with Crippen molar-refractivity contribution in [2.75, 3.05) is 17.6 Å². The number of rotatable bonds is 6. The number of thiocarbonyl (C=S) groups is 1. The van der Waals surface area contributed by atoms with Crippen molar-refractivity contribution in [3.05, 3.63) is 29.3 Å². The first-order valence-electron chi connectivity index (χ1n) is 8.38. The Morgan fingerprint density at radius 1 is 1.14 bits per heavy atom. The molecule has 0 unspecified atom stereocenters. The van der Waals surface area contributed by atoms with Crippen LogP contribution in [0.1, 0.15) is 49.7 Å². The van der Waals surface area contributed by atoms with Gasteiger partial charge in [0.1, 0.15) is 0 Å². The van der Waals surface area contributed by atoms with E-state index in [0.717, 1.165) is 22.6 Å². The van der Waals surface area contributed by atoms with Crippen LogP contribution in [-0.2, 0) is 0 Å². The highest BCUT2D eigenvalue weighted by molar-refractivity contribution is 7.99. The van der Waals surface area contributed by atoms with E-state index in [1.807, 2.05) is 0 Å². The first kappa shape index (κ1) is 17.6. The van der Waals surface area contributed by atoms with E-state index in [1.54, 1.807) is 0 Å². The second-order valence-corrected chi connectivity index (χ2v) is 8.06. The number of hydrogen-bond donors (Lipinski definition) is 2. The molecule has 0 bridgehead atoms. The maximum absolute atomic E-state index is 5.37. The van der Waals surface area contributed by atoms with Gasteiger partial charge in [0.2, 0.25) is 0 Å². The summed E-state index contributed by atoms with van der Waals surface area (Å²) in [5, 5.41) is 8.23. The Hall–Kier alpha value is -0.740. The first-order chi connectivity index (χ1) is 10.6. The van der Waals surface area contributed by atoms with E-state index in [4.69, 9.17) is 12.2 Å². The molecule has 2 rings (SSSR count). The Balaban J connectivity index is 1.59. The summed E-state index contributed by atoms with van der Waals surface area (Å²) in [6.07, 6.45) is 8.32. The van der Waals surface area contributed by atoms with Crippen molar-refractivity contribution in [3.63, 3.8) is 0 Å². The van der Waals surface area contributed by atoms with Gasteiger partial charge in [0, 0.05) is 17.5 Å². The van der Waals surface area contributed by atoms with Gasteiger partial charge >= 0.3 is 0 Å². The third kappa shape index (κ3) is 6.57. The average molecular weight is 337 g/mol. The molecule has 0 heterocycles. The predicted molar refractivity (Wildman–Crippen MR) is 104 cm³/mol. The van der Waals surface area contributed by atoms with Crippen molar-refractivity contribution in [1.29, 1.82) is 0 Å². The summed E-state index contributed by atoms with van der Waals surface area (Å²) >= 11 is 7.52. The second-order valence-electron chi connectivity index (χ2n) is 6.24. The largest absolute Gasteiger partial charge is 0.362 e. The molecule has 0 aliphatic heterocycles. The Morgan fingerprint density at radius 3 is 2.50 bits per heavy atom. The highest BCUT2D eigenvalue weighted by Crippen LogP contribution is 2.28. The van der Waals surface area contributed by atoms with Crippen LogP contribution in [-0.4, -0.2) is 22.7 Å². The van der Waals surface area contributed by atoms with E-state index in [2.05, 4.69) is 54.4 Å². The van der Waals surface area contributed by atoms with Gasteiger partial charge in [-0.25, -0.2) is 0 Å². The zero-order valence-electron chi connectivity index (χ0n) is 13.8. The molecule has 122 valence electrons. The van der Waals surface area contributed by atoms with Gasteiger partial charge in [0.15, 0.2) is 5.11 Å². The molecule has 1 aliphatic rings. The minimum Gasteiger partial charge on any atom is -0.362 e. The van der Waals surface area contributed by atoms with E-state index in [-0.39, 0.29) is 0 Å². The van der Waals surface area contributed by atoms with E-state index in [9.17, 15) is 0 Å². The minimum absolute atomic E-state index is 0.729. The van der Waals surface area contributed by atoms with Crippen molar-refractivity contribution in [2.24, 2.45) is 0 Å². The molecule has 1 fully saturated rings. The molecule has 2 nitrogen and oxygen atoms in total. The number of aryl methyl sites for hydroxylation is 2. The molecule has 1 aromatic carbocycles. The lowest BCUT2D eigenvalue weighted by molar-refractivity contribution is 0.516. The molecule has 2 N–H and O–H groups in total. The number of anilines is 1. The highest BCUT2D eigenvalue weighted by Gasteiger charge is 2.12. The molecular formula is C18H28N2S2. The first-order valence-corrected chi connectivity index (χ1v) is 9.84. The van der Waals surface area contributed by atoms with Gasteiger partial charge in [0.25, 0.3) is 0 Å². The van der Waals surface area contributed by atoms with E-state index >= 15 is 0 Å². The molecule has 1 aromatic rings. The summed E-state index contributed by atoms with van der Waals surface area (Å²) in [7, 11) is 0. The lowest BCUT2D eigenvalue weighted by atomic mass is 10.0. The molecule has 0 spiro atoms. The maximum atomic E-state index is 5.37. The van der Waals surface area contributed by atoms with Crippen molar-refractivity contribution < 1.29 is 0 Å². The van der Waals surface area contributed by atoms with Crippen LogP contribution < -0.4 is 10.6 Å². The average Bonchev–Trinajstić information content (AvgIpc) is 2.47. The van der Waals surface area contributed by atoms with E-state index < -0.39 is 0 Å². The van der Waals surface area contributed by atoms with E-state index in [1.165, 1.54) is 55.4 Å². The lowest BCUT2D eigenvalue weighted by Crippen LogP contribution is -2.29. The molecule has 0 saturated heterocycles. The summed E-state index contributed by atoms with van der Waals surface area (Å²) < 4.78 is 0. The number of benzene rings is 1. The van der Waals surface area contributed by atoms with Gasteiger partial charge in [-0.05, 0) is 74.3 Å². The van der Waals surface area contributed by atoms with Crippen molar-refractivity contribution in [2.45, 2.75) is 57.6 Å². The summed E-state index contributed by atoms with van der Waals surface area (Å²) in [5.74, 6) is 1.24. The number of hydrogen-bond acceptors (Lipinski definition) is 2. The zero-order valence-corrected chi connectivity index (χ0v) is 15.4. The summed E-state index contributed by atoms with van der Waals surface area (Å²) in [5.41, 5.74) is 3.59. The van der Waals surface area contributed by atoms with Crippen LogP contribution in [0.4, 0.5) is 5.69 Å². The third-order valence-electron chi connectivity index (χ3n) is 3.99. The van der Waals surface area contributed by atoms with Crippen LogP contribution in [0.3, 0.4) is 0 Å². The molecule has 0 aromatic heterocycles. The van der Waals surface area contributed by atoms with Crippen LogP contribution in [0.15, 0.2) is 18.2 Å². The summed E-state index contributed by atoms with van der Waals surface area (Å²) in [6.45, 7) is 5.17. The smallest absolute Gasteiger partial charge is 0.170 e. The predicted octanol–water partition coefficient (Wildman–Crippen LogP) is 5.05. The van der Waals surface area contributed by atoms with Crippen LogP contribution in [0.25, 0.3) is 0 Å². The van der Waals surface area contributed by atoms with Crippen molar-refractivity contribution in [3.8, 4) is 0 Å². The Kier molecular flexibility index (Phi) is 7.53. The van der Waals surface area contributed by atoms with Crippen LogP contribution >= 0.6 is 24.0 Å². The van der Waals surface area contributed by atoms with Crippen LogP contribution in [0.2, 0.25) is 0 Å². The Bertz CT molecular complexity index is 462. The van der Waals surface area contributed by atoms with Crippen LogP contribution in [0, 0.1) is 13.8 Å². The molecule has 0 amide bonds. The fourth-order valence-electron chi connectivity index (χ4n) is 2.98. The Labute approximate surface area is 144 Å². The maximum Gasteiger partial charge on any atom is 0.170 e. The molecular weight excluding hydrogens is 308 g/mol. The summed E-state index contributed by atoms with van der Waals surface area (Å²) in [6, 6.07) is 6.42. The fourth-order valence-corrected chi connectivity index (χ4v) is 4.51. The lowest BCUT2D eigenvalue weighted by Gasteiger charge is -2.20. The molecule has 0 radical (unpaired) electrons. The zero-order chi connectivity index (χ0) is 15.8. The van der Waals surface area contributed by atoms with Gasteiger partial charge in [-0.15, -0.1) is 0 Å². The minimum atomic E-state index is 0.729. The van der Waals surface area contributed by atoms with E-state index in [0.29, 0.717) is 0 Å². The normalized spacial score (nSPS) is 15.5. The number of nitrogens with one attached hydrogen (secondary N) is 2. The molecule has 22 heavy (non-hydrogen) atoms. The molecule has 0 atom stereocenters. The molecule has 4 heteroatoms. The van der Waals surface area contributed by atoms with Gasteiger partial charge in [-0.2, -0.15) is 11.8 Å². The highest BCUT2D eigenvalue weighted by atomic mass is 32.2. The van der Waals surface area contributed by atoms with Crippen LogP contribution in [0.5, 0.6) is 0 Å². The SMILES string of the molecule is Cc1cc(C)cc(NC(=S)NCCCSC2CCCCC2)c1. The Morgan fingerprint density at radius 2 is 1.82 bits per heavy atom. The fraction of sp³-hybridized carbons (Fsp3) is 0.611. The topological polar surface area (TPSA) is 24.1 Å². The second kappa shape index (κ2) is 9.41. The molecule has 1 saturated carbocycles. The monoisotopic (exact) mass is 336 g/mol. The van der Waals surface area contributed by atoms with Gasteiger partial charge in [0.05, 0.1) is 0 Å².